The Kier molecular flexibility index (Phi) is 4.48. The van der Waals surface area contributed by atoms with E-state index >= 15 is 0 Å². The molecule has 0 spiro atoms. The highest BCUT2D eigenvalue weighted by atomic mass is 35.5. The Balaban J connectivity index is 2.81. The van der Waals surface area contributed by atoms with Crippen LogP contribution in [0, 0.1) is 11.3 Å². The molecule has 2 N–H and O–H groups in total. The van der Waals surface area contributed by atoms with Crippen LogP contribution in [0.25, 0.3) is 0 Å². The number of benzene rings is 1. The molecule has 0 aliphatic carbocycles. The summed E-state index contributed by atoms with van der Waals surface area (Å²) >= 11 is 5.85. The van der Waals surface area contributed by atoms with Gasteiger partial charge in [0.2, 0.25) is 0 Å². The minimum atomic E-state index is -4.56. The van der Waals surface area contributed by atoms with E-state index in [1.54, 1.807) is 24.3 Å². The predicted octanol–water partition coefficient (Wildman–Crippen LogP) is 2.06. The molecule has 0 aliphatic heterocycles. The molecule has 16 heavy (non-hydrogen) atoms. The van der Waals surface area contributed by atoms with Crippen LogP contribution in [0.15, 0.2) is 24.3 Å². The minimum absolute atomic E-state index is 0.364. The molecule has 1 unspecified atom stereocenters. The lowest BCUT2D eigenvalue weighted by Crippen LogP contribution is -2.05. The van der Waals surface area contributed by atoms with E-state index in [1.165, 1.54) is 0 Å². The largest absolute Gasteiger partial charge is 0.469 e. The smallest absolute Gasteiger partial charge is 0.303 e. The molecule has 0 radical (unpaired) electrons. The van der Waals surface area contributed by atoms with E-state index in [1.807, 2.05) is 6.07 Å². The first-order valence-corrected chi connectivity index (χ1v) is 6.19. The highest BCUT2D eigenvalue weighted by Crippen LogP contribution is 2.38. The van der Waals surface area contributed by atoms with Crippen LogP contribution in [0.5, 0.6) is 0 Å². The highest BCUT2D eigenvalue weighted by Gasteiger charge is 2.20. The van der Waals surface area contributed by atoms with Gasteiger partial charge >= 0.3 is 7.82 Å². The van der Waals surface area contributed by atoms with Gasteiger partial charge in [0, 0.05) is 5.02 Å². The molecular formula is C9H9ClNO4P. The van der Waals surface area contributed by atoms with Gasteiger partial charge in [0.15, 0.2) is 0 Å². The molecule has 0 saturated carbocycles. The zero-order valence-electron chi connectivity index (χ0n) is 8.08. The van der Waals surface area contributed by atoms with Crippen molar-refractivity contribution >= 4 is 19.4 Å². The number of phosphoric ester groups is 1. The first kappa shape index (κ1) is 13.2. The number of hydrogen-bond donors (Lipinski definition) is 2. The highest BCUT2D eigenvalue weighted by molar-refractivity contribution is 7.46. The molecular weight excluding hydrogens is 253 g/mol. The Hall–Kier alpha value is -0.890. The summed E-state index contributed by atoms with van der Waals surface area (Å²) in [6.45, 7) is -0.398. The molecule has 1 rings (SSSR count). The van der Waals surface area contributed by atoms with Crippen LogP contribution in [0.4, 0.5) is 0 Å². The minimum Gasteiger partial charge on any atom is -0.303 e. The van der Waals surface area contributed by atoms with Crippen molar-refractivity contribution in [2.75, 3.05) is 6.61 Å². The lowest BCUT2D eigenvalue weighted by molar-refractivity contribution is 0.194. The molecule has 0 amide bonds. The number of phosphoric acid groups is 1. The third-order valence-corrected chi connectivity index (χ3v) is 2.68. The van der Waals surface area contributed by atoms with Gasteiger partial charge < -0.3 is 9.79 Å². The maximum absolute atomic E-state index is 10.5. The summed E-state index contributed by atoms with van der Waals surface area (Å²) in [6, 6.07) is 8.47. The molecule has 5 nitrogen and oxygen atoms in total. The van der Waals surface area contributed by atoms with E-state index in [2.05, 4.69) is 4.52 Å². The Labute approximate surface area is 97.5 Å². The van der Waals surface area contributed by atoms with E-state index in [0.29, 0.717) is 10.6 Å². The average Bonchev–Trinajstić information content (AvgIpc) is 2.20. The summed E-state index contributed by atoms with van der Waals surface area (Å²) in [6.07, 6.45) is 0. The molecule has 0 saturated heterocycles. The lowest BCUT2D eigenvalue weighted by atomic mass is 10.0. The zero-order valence-corrected chi connectivity index (χ0v) is 9.73. The van der Waals surface area contributed by atoms with E-state index in [0.717, 1.165) is 0 Å². The molecule has 0 bridgehead atoms. The van der Waals surface area contributed by atoms with Gasteiger partial charge in [-0.15, -0.1) is 0 Å². The van der Waals surface area contributed by atoms with Gasteiger partial charge in [0.05, 0.1) is 18.6 Å². The fourth-order valence-corrected chi connectivity index (χ4v) is 1.74. The van der Waals surface area contributed by atoms with Crippen LogP contribution in [0.1, 0.15) is 11.5 Å². The van der Waals surface area contributed by atoms with Crippen LogP contribution in [0.2, 0.25) is 5.02 Å². The third-order valence-electron chi connectivity index (χ3n) is 1.85. The SMILES string of the molecule is N#CC(COP(=O)(O)O)c1ccccc1Cl. The van der Waals surface area contributed by atoms with Crippen LogP contribution >= 0.6 is 19.4 Å². The van der Waals surface area contributed by atoms with Crippen molar-refractivity contribution in [1.82, 2.24) is 0 Å². The summed E-state index contributed by atoms with van der Waals surface area (Å²) < 4.78 is 14.8. The molecule has 7 heteroatoms. The van der Waals surface area contributed by atoms with E-state index < -0.39 is 20.3 Å². The summed E-state index contributed by atoms with van der Waals surface area (Å²) in [4.78, 5) is 17.0. The fourth-order valence-electron chi connectivity index (χ4n) is 1.13. The first-order valence-electron chi connectivity index (χ1n) is 4.28. The van der Waals surface area contributed by atoms with E-state index in [-0.39, 0.29) is 0 Å². The van der Waals surface area contributed by atoms with E-state index in [9.17, 15) is 4.57 Å². The van der Waals surface area contributed by atoms with Crippen molar-refractivity contribution in [3.63, 3.8) is 0 Å². The van der Waals surface area contributed by atoms with Gasteiger partial charge in [0.25, 0.3) is 0 Å². The van der Waals surface area contributed by atoms with Gasteiger partial charge in [-0.3, -0.25) is 4.52 Å². The fraction of sp³-hybridized carbons (Fsp3) is 0.222. The van der Waals surface area contributed by atoms with Crippen molar-refractivity contribution in [2.45, 2.75) is 5.92 Å². The Morgan fingerprint density at radius 3 is 2.62 bits per heavy atom. The van der Waals surface area contributed by atoms with Crippen molar-refractivity contribution in [3.05, 3.63) is 34.9 Å². The molecule has 0 aromatic heterocycles. The second-order valence-electron chi connectivity index (χ2n) is 2.99. The lowest BCUT2D eigenvalue weighted by Gasteiger charge is -2.11. The maximum atomic E-state index is 10.5. The van der Waals surface area contributed by atoms with E-state index in [4.69, 9.17) is 26.6 Å². The molecule has 1 aromatic rings. The Morgan fingerprint density at radius 1 is 1.50 bits per heavy atom. The monoisotopic (exact) mass is 261 g/mol. The summed E-state index contributed by atoms with van der Waals surface area (Å²) in [5.41, 5.74) is 0.486. The number of halogens is 1. The quantitative estimate of drug-likeness (QED) is 0.810. The van der Waals surface area contributed by atoms with Crippen molar-refractivity contribution in [2.24, 2.45) is 0 Å². The second-order valence-corrected chi connectivity index (χ2v) is 4.64. The predicted molar refractivity (Wildman–Crippen MR) is 57.8 cm³/mol. The Bertz CT molecular complexity index is 453. The number of hydrogen-bond acceptors (Lipinski definition) is 3. The standard InChI is InChI=1S/C9H9ClNO4P/c10-9-4-2-1-3-8(9)7(5-11)6-15-16(12,13)14/h1-4,7H,6H2,(H2,12,13,14). The van der Waals surface area contributed by atoms with Gasteiger partial charge in [-0.1, -0.05) is 29.8 Å². The van der Waals surface area contributed by atoms with Gasteiger partial charge in [0.1, 0.15) is 0 Å². The topological polar surface area (TPSA) is 90.5 Å². The summed E-state index contributed by atoms with van der Waals surface area (Å²) in [5, 5.41) is 9.22. The summed E-state index contributed by atoms with van der Waals surface area (Å²) in [7, 11) is -4.56. The van der Waals surface area contributed by atoms with Gasteiger partial charge in [-0.25, -0.2) is 4.57 Å². The molecule has 86 valence electrons. The van der Waals surface area contributed by atoms with Gasteiger partial charge in [-0.2, -0.15) is 5.26 Å². The van der Waals surface area contributed by atoms with Crippen molar-refractivity contribution in [3.8, 4) is 6.07 Å². The van der Waals surface area contributed by atoms with Gasteiger partial charge in [-0.05, 0) is 11.6 Å². The number of nitrogens with zero attached hydrogens (tertiary/aromatic N) is 1. The molecule has 0 heterocycles. The van der Waals surface area contributed by atoms with Crippen molar-refractivity contribution < 1.29 is 18.9 Å². The molecule has 0 aliphatic rings. The zero-order chi connectivity index (χ0) is 12.2. The molecule has 1 aromatic carbocycles. The maximum Gasteiger partial charge on any atom is 0.469 e. The molecule has 0 fully saturated rings. The summed E-state index contributed by atoms with van der Waals surface area (Å²) in [5.74, 6) is -0.804. The first-order chi connectivity index (χ1) is 7.44. The number of nitriles is 1. The third kappa shape index (κ3) is 3.93. The number of rotatable bonds is 4. The second kappa shape index (κ2) is 5.44. The van der Waals surface area contributed by atoms with Crippen LogP contribution in [-0.2, 0) is 9.09 Å². The molecule has 1 atom stereocenters. The normalized spacial score (nSPS) is 13.1. The van der Waals surface area contributed by atoms with Crippen LogP contribution < -0.4 is 0 Å². The Morgan fingerprint density at radius 2 is 2.12 bits per heavy atom. The van der Waals surface area contributed by atoms with Crippen LogP contribution in [-0.4, -0.2) is 16.4 Å². The van der Waals surface area contributed by atoms with Crippen molar-refractivity contribution in [1.29, 1.82) is 5.26 Å². The van der Waals surface area contributed by atoms with Crippen LogP contribution in [0.3, 0.4) is 0 Å². The average molecular weight is 262 g/mol.